The zero-order valence-electron chi connectivity index (χ0n) is 10.2. The largest absolute Gasteiger partial charge is 0.329 e. The van der Waals surface area contributed by atoms with E-state index in [0.29, 0.717) is 0 Å². The van der Waals surface area contributed by atoms with Gasteiger partial charge in [-0.3, -0.25) is 0 Å². The molecular weight excluding hydrogens is 204 g/mol. The molecular formula is C12H26N2S. The van der Waals surface area contributed by atoms with Crippen LogP contribution < -0.4 is 11.1 Å². The van der Waals surface area contributed by atoms with Crippen LogP contribution in [0.4, 0.5) is 0 Å². The first-order valence-corrected chi connectivity index (χ1v) is 7.44. The third-order valence-electron chi connectivity index (χ3n) is 3.63. The molecule has 0 radical (unpaired) electrons. The standard InChI is InChI=1S/C12H26N2S/c1-3-11(4-2)8-14-12(9-13)6-5-7-15-10-12/h11,14H,3-10,13H2,1-2H3. The summed E-state index contributed by atoms with van der Waals surface area (Å²) in [6.07, 6.45) is 5.13. The number of rotatable bonds is 6. The molecule has 2 nitrogen and oxygen atoms in total. The van der Waals surface area contributed by atoms with E-state index in [2.05, 4.69) is 30.9 Å². The van der Waals surface area contributed by atoms with Crippen LogP contribution in [-0.4, -0.2) is 30.1 Å². The Balaban J connectivity index is 2.38. The summed E-state index contributed by atoms with van der Waals surface area (Å²) in [5, 5.41) is 3.74. The van der Waals surface area contributed by atoms with Gasteiger partial charge in [0.1, 0.15) is 0 Å². The highest BCUT2D eigenvalue weighted by Crippen LogP contribution is 2.26. The predicted octanol–water partition coefficient (Wildman–Crippen LogP) is 2.24. The molecule has 1 fully saturated rings. The molecule has 90 valence electrons. The van der Waals surface area contributed by atoms with Gasteiger partial charge in [-0.1, -0.05) is 26.7 Å². The van der Waals surface area contributed by atoms with Crippen LogP contribution in [0.3, 0.4) is 0 Å². The average molecular weight is 230 g/mol. The molecule has 0 bridgehead atoms. The molecule has 0 aromatic heterocycles. The summed E-state index contributed by atoms with van der Waals surface area (Å²) in [4.78, 5) is 0. The molecule has 1 atom stereocenters. The molecule has 3 heteroatoms. The second kappa shape index (κ2) is 6.77. The van der Waals surface area contributed by atoms with Crippen LogP contribution in [0.25, 0.3) is 0 Å². The van der Waals surface area contributed by atoms with Gasteiger partial charge < -0.3 is 11.1 Å². The van der Waals surface area contributed by atoms with Gasteiger partial charge in [-0.2, -0.15) is 11.8 Å². The Morgan fingerprint density at radius 1 is 1.40 bits per heavy atom. The molecule has 0 amide bonds. The van der Waals surface area contributed by atoms with Gasteiger partial charge in [0.2, 0.25) is 0 Å². The van der Waals surface area contributed by atoms with Crippen molar-refractivity contribution in [2.24, 2.45) is 11.7 Å². The first-order chi connectivity index (χ1) is 7.26. The van der Waals surface area contributed by atoms with E-state index in [4.69, 9.17) is 5.73 Å². The van der Waals surface area contributed by atoms with Crippen molar-refractivity contribution in [1.29, 1.82) is 0 Å². The molecule has 0 aromatic rings. The molecule has 1 unspecified atom stereocenters. The van der Waals surface area contributed by atoms with E-state index < -0.39 is 0 Å². The fourth-order valence-electron chi connectivity index (χ4n) is 2.16. The third kappa shape index (κ3) is 3.97. The van der Waals surface area contributed by atoms with E-state index in [9.17, 15) is 0 Å². The number of nitrogens with two attached hydrogens (primary N) is 1. The van der Waals surface area contributed by atoms with Crippen LogP contribution in [0.5, 0.6) is 0 Å². The van der Waals surface area contributed by atoms with Crippen molar-refractivity contribution >= 4 is 11.8 Å². The van der Waals surface area contributed by atoms with Crippen molar-refractivity contribution < 1.29 is 0 Å². The zero-order valence-corrected chi connectivity index (χ0v) is 11.0. The molecule has 0 spiro atoms. The summed E-state index contributed by atoms with van der Waals surface area (Å²) in [5.41, 5.74) is 6.17. The molecule has 1 saturated heterocycles. The Kier molecular flexibility index (Phi) is 6.02. The van der Waals surface area contributed by atoms with Gasteiger partial charge >= 0.3 is 0 Å². The van der Waals surface area contributed by atoms with Crippen LogP contribution in [0.15, 0.2) is 0 Å². The van der Waals surface area contributed by atoms with Crippen molar-refractivity contribution in [3.8, 4) is 0 Å². The van der Waals surface area contributed by atoms with Gasteiger partial charge in [0.05, 0.1) is 0 Å². The lowest BCUT2D eigenvalue weighted by Gasteiger charge is -2.38. The van der Waals surface area contributed by atoms with Crippen molar-refractivity contribution in [3.63, 3.8) is 0 Å². The second-order valence-corrected chi connectivity index (χ2v) is 5.81. The molecule has 15 heavy (non-hydrogen) atoms. The lowest BCUT2D eigenvalue weighted by atomic mass is 9.93. The lowest BCUT2D eigenvalue weighted by Crippen LogP contribution is -2.55. The minimum Gasteiger partial charge on any atom is -0.329 e. The molecule has 1 heterocycles. The Labute approximate surface area is 98.8 Å². The topological polar surface area (TPSA) is 38.0 Å². The summed E-state index contributed by atoms with van der Waals surface area (Å²) in [6, 6.07) is 0. The molecule has 1 aliphatic heterocycles. The van der Waals surface area contributed by atoms with E-state index >= 15 is 0 Å². The normalized spacial score (nSPS) is 27.2. The molecule has 0 saturated carbocycles. The van der Waals surface area contributed by atoms with Gasteiger partial charge in [0, 0.05) is 17.8 Å². The number of hydrogen-bond donors (Lipinski definition) is 2. The van der Waals surface area contributed by atoms with E-state index in [1.54, 1.807) is 0 Å². The predicted molar refractivity (Wildman–Crippen MR) is 70.4 cm³/mol. The van der Waals surface area contributed by atoms with Crippen molar-refractivity contribution in [3.05, 3.63) is 0 Å². The molecule has 0 aliphatic carbocycles. The van der Waals surface area contributed by atoms with Gasteiger partial charge in [0.25, 0.3) is 0 Å². The first-order valence-electron chi connectivity index (χ1n) is 6.29. The summed E-state index contributed by atoms with van der Waals surface area (Å²) in [6.45, 7) is 6.49. The van der Waals surface area contributed by atoms with Gasteiger partial charge in [-0.25, -0.2) is 0 Å². The highest BCUT2D eigenvalue weighted by Gasteiger charge is 2.30. The van der Waals surface area contributed by atoms with Gasteiger partial charge in [-0.15, -0.1) is 0 Å². The van der Waals surface area contributed by atoms with Gasteiger partial charge in [0.15, 0.2) is 0 Å². The summed E-state index contributed by atoms with van der Waals surface area (Å²) in [5.74, 6) is 3.33. The summed E-state index contributed by atoms with van der Waals surface area (Å²) >= 11 is 2.05. The van der Waals surface area contributed by atoms with Crippen molar-refractivity contribution in [2.45, 2.75) is 45.1 Å². The SMILES string of the molecule is CCC(CC)CNC1(CN)CCCSC1. The van der Waals surface area contributed by atoms with Crippen LogP contribution >= 0.6 is 11.8 Å². The maximum atomic E-state index is 5.93. The number of hydrogen-bond acceptors (Lipinski definition) is 3. The Bertz CT molecular complexity index is 163. The molecule has 1 aliphatic rings. The first kappa shape index (κ1) is 13.3. The quantitative estimate of drug-likeness (QED) is 0.735. The molecule has 1 rings (SSSR count). The maximum Gasteiger partial charge on any atom is 0.0395 e. The smallest absolute Gasteiger partial charge is 0.0395 e. The van der Waals surface area contributed by atoms with Gasteiger partial charge in [-0.05, 0) is 31.1 Å². The molecule has 0 aromatic carbocycles. The lowest BCUT2D eigenvalue weighted by molar-refractivity contribution is 0.303. The van der Waals surface area contributed by atoms with E-state index in [-0.39, 0.29) is 5.54 Å². The van der Waals surface area contributed by atoms with Crippen molar-refractivity contribution in [1.82, 2.24) is 5.32 Å². The zero-order chi connectivity index (χ0) is 11.1. The van der Waals surface area contributed by atoms with Crippen LogP contribution in [-0.2, 0) is 0 Å². The molecule has 3 N–H and O–H groups in total. The van der Waals surface area contributed by atoms with Crippen LogP contribution in [0.1, 0.15) is 39.5 Å². The fourth-order valence-corrected chi connectivity index (χ4v) is 3.41. The van der Waals surface area contributed by atoms with Crippen molar-refractivity contribution in [2.75, 3.05) is 24.6 Å². The van der Waals surface area contributed by atoms with E-state index in [0.717, 1.165) is 19.0 Å². The summed E-state index contributed by atoms with van der Waals surface area (Å²) < 4.78 is 0. The summed E-state index contributed by atoms with van der Waals surface area (Å²) in [7, 11) is 0. The van der Waals surface area contributed by atoms with Crippen LogP contribution in [0, 0.1) is 5.92 Å². The third-order valence-corrected chi connectivity index (χ3v) is 4.97. The minimum atomic E-state index is 0.242. The second-order valence-electron chi connectivity index (χ2n) is 4.70. The van der Waals surface area contributed by atoms with Crippen LogP contribution in [0.2, 0.25) is 0 Å². The number of nitrogens with one attached hydrogen (secondary N) is 1. The minimum absolute atomic E-state index is 0.242. The fraction of sp³-hybridized carbons (Fsp3) is 1.00. The highest BCUT2D eigenvalue weighted by atomic mass is 32.2. The highest BCUT2D eigenvalue weighted by molar-refractivity contribution is 7.99. The Morgan fingerprint density at radius 3 is 2.60 bits per heavy atom. The average Bonchev–Trinajstić information content (AvgIpc) is 2.31. The van der Waals surface area contributed by atoms with E-state index in [1.807, 2.05) is 0 Å². The Morgan fingerprint density at radius 2 is 2.13 bits per heavy atom. The van der Waals surface area contributed by atoms with E-state index in [1.165, 1.54) is 37.2 Å². The maximum absolute atomic E-state index is 5.93. The Hall–Kier alpha value is 0.270. The number of thioether (sulfide) groups is 1. The monoisotopic (exact) mass is 230 g/mol.